The van der Waals surface area contributed by atoms with Crippen LogP contribution in [-0.4, -0.2) is 19.0 Å². The Morgan fingerprint density at radius 3 is 2.59 bits per heavy atom. The van der Waals surface area contributed by atoms with Crippen LogP contribution in [0, 0.1) is 12.3 Å². The predicted molar refractivity (Wildman–Crippen MR) is 66.7 cm³/mol. The number of nitrogens with one attached hydrogen (secondary N) is 1. The molecule has 0 aliphatic rings. The lowest BCUT2D eigenvalue weighted by Crippen LogP contribution is -2.42. The van der Waals surface area contributed by atoms with Gasteiger partial charge in [-0.25, -0.2) is 0 Å². The normalized spacial score (nSPS) is 11.1. The van der Waals surface area contributed by atoms with E-state index in [1.165, 1.54) is 7.11 Å². The summed E-state index contributed by atoms with van der Waals surface area (Å²) in [5, 5.41) is 4.73. The molecule has 0 atom stereocenters. The predicted octanol–water partition coefficient (Wildman–Crippen LogP) is 1.87. The summed E-state index contributed by atoms with van der Waals surface area (Å²) in [6, 6.07) is 2.00. The van der Waals surface area contributed by atoms with Gasteiger partial charge in [0.15, 0.2) is 0 Å². The summed E-state index contributed by atoms with van der Waals surface area (Å²) in [5.41, 5.74) is -0.00826. The number of rotatable bonds is 4. The molecule has 0 aliphatic carbocycles. The molecule has 1 amide bonds. The van der Waals surface area contributed by atoms with Gasteiger partial charge in [0.2, 0.25) is 5.91 Å². The number of methoxy groups -OCH3 is 1. The second kappa shape index (κ2) is 5.31. The average molecular weight is 255 g/mol. The van der Waals surface area contributed by atoms with Crippen LogP contribution in [0.4, 0.5) is 0 Å². The van der Waals surface area contributed by atoms with Gasteiger partial charge < -0.3 is 10.1 Å². The van der Waals surface area contributed by atoms with Gasteiger partial charge >= 0.3 is 5.97 Å². The van der Waals surface area contributed by atoms with Gasteiger partial charge in [-0.3, -0.25) is 9.59 Å². The lowest BCUT2D eigenvalue weighted by atomic mass is 9.92. The Morgan fingerprint density at radius 1 is 1.47 bits per heavy atom. The molecule has 0 saturated heterocycles. The van der Waals surface area contributed by atoms with E-state index >= 15 is 0 Å². The first-order valence-corrected chi connectivity index (χ1v) is 6.17. The molecule has 1 aromatic heterocycles. The highest BCUT2D eigenvalue weighted by molar-refractivity contribution is 7.10. The molecule has 17 heavy (non-hydrogen) atoms. The maximum absolute atomic E-state index is 11.9. The van der Waals surface area contributed by atoms with Crippen LogP contribution >= 0.6 is 11.3 Å². The largest absolute Gasteiger partial charge is 0.468 e. The summed E-state index contributed by atoms with van der Waals surface area (Å²) in [7, 11) is 1.28. The summed E-state index contributed by atoms with van der Waals surface area (Å²) in [6.45, 7) is 5.54. The van der Waals surface area contributed by atoms with Crippen LogP contribution in [0.5, 0.6) is 0 Å². The first-order valence-electron chi connectivity index (χ1n) is 5.29. The molecule has 5 heteroatoms. The van der Waals surface area contributed by atoms with E-state index in [-0.39, 0.29) is 5.91 Å². The summed E-state index contributed by atoms with van der Waals surface area (Å²) in [4.78, 5) is 24.4. The van der Waals surface area contributed by atoms with Crippen LogP contribution < -0.4 is 5.32 Å². The molecule has 0 fully saturated rings. The highest BCUT2D eigenvalue weighted by Crippen LogP contribution is 2.19. The summed E-state index contributed by atoms with van der Waals surface area (Å²) >= 11 is 1.59. The molecule has 0 bridgehead atoms. The second-order valence-corrected chi connectivity index (χ2v) is 5.33. The number of hydrogen-bond donors (Lipinski definition) is 1. The number of esters is 1. The van der Waals surface area contributed by atoms with Crippen LogP contribution in [0.1, 0.15) is 24.3 Å². The molecule has 0 aliphatic heterocycles. The van der Waals surface area contributed by atoms with Gasteiger partial charge in [-0.15, -0.1) is 11.3 Å². The van der Waals surface area contributed by atoms with Crippen LogP contribution in [0.3, 0.4) is 0 Å². The van der Waals surface area contributed by atoms with E-state index in [1.807, 2.05) is 18.4 Å². The zero-order valence-corrected chi connectivity index (χ0v) is 11.3. The second-order valence-electron chi connectivity index (χ2n) is 4.33. The molecule has 1 N–H and O–H groups in total. The number of carbonyl (C=O) groups is 2. The zero-order chi connectivity index (χ0) is 13.1. The Balaban J connectivity index is 2.61. The fourth-order valence-electron chi connectivity index (χ4n) is 1.31. The van der Waals surface area contributed by atoms with E-state index in [0.29, 0.717) is 6.54 Å². The topological polar surface area (TPSA) is 55.4 Å². The number of carbonyl (C=O) groups excluding carboxylic acids is 2. The van der Waals surface area contributed by atoms with Crippen LogP contribution in [0.15, 0.2) is 11.4 Å². The third kappa shape index (κ3) is 3.06. The Morgan fingerprint density at radius 2 is 2.12 bits per heavy atom. The number of ether oxygens (including phenoxy) is 1. The highest BCUT2D eigenvalue weighted by Gasteiger charge is 2.36. The van der Waals surface area contributed by atoms with Crippen molar-refractivity contribution in [1.29, 1.82) is 0 Å². The van der Waals surface area contributed by atoms with Crippen LogP contribution in [-0.2, 0) is 20.9 Å². The summed E-state index contributed by atoms with van der Waals surface area (Å²) in [6.07, 6.45) is 0. The van der Waals surface area contributed by atoms with Gasteiger partial charge in [0.05, 0.1) is 13.7 Å². The van der Waals surface area contributed by atoms with Crippen LogP contribution in [0.25, 0.3) is 0 Å². The maximum Gasteiger partial charge on any atom is 0.320 e. The van der Waals surface area contributed by atoms with Crippen molar-refractivity contribution < 1.29 is 14.3 Å². The van der Waals surface area contributed by atoms with Crippen molar-refractivity contribution >= 4 is 23.2 Å². The van der Waals surface area contributed by atoms with Gasteiger partial charge in [-0.05, 0) is 37.8 Å². The molecule has 0 unspecified atom stereocenters. The minimum Gasteiger partial charge on any atom is -0.468 e. The minimum atomic E-state index is -1.15. The monoisotopic (exact) mass is 255 g/mol. The van der Waals surface area contributed by atoms with Gasteiger partial charge in [-0.2, -0.15) is 0 Å². The van der Waals surface area contributed by atoms with Crippen molar-refractivity contribution in [1.82, 2.24) is 5.32 Å². The molecule has 1 heterocycles. The van der Waals surface area contributed by atoms with Crippen molar-refractivity contribution in [3.8, 4) is 0 Å². The molecule has 1 aromatic rings. The number of thiophene rings is 1. The van der Waals surface area contributed by atoms with Gasteiger partial charge in [0.25, 0.3) is 0 Å². The SMILES string of the molecule is COC(=O)C(C)(C)C(=O)NCc1sccc1C. The number of hydrogen-bond acceptors (Lipinski definition) is 4. The third-order valence-electron chi connectivity index (χ3n) is 2.64. The van der Waals surface area contributed by atoms with E-state index in [9.17, 15) is 9.59 Å². The van der Waals surface area contributed by atoms with Crippen molar-refractivity contribution in [3.63, 3.8) is 0 Å². The standard InChI is InChI=1S/C12H17NO3S/c1-8-5-6-17-9(8)7-13-10(14)12(2,3)11(15)16-4/h5-6H,7H2,1-4H3,(H,13,14). The first kappa shape index (κ1) is 13.7. The van der Waals surface area contributed by atoms with E-state index in [0.717, 1.165) is 10.4 Å². The van der Waals surface area contributed by atoms with Crippen molar-refractivity contribution in [2.24, 2.45) is 5.41 Å². The third-order valence-corrected chi connectivity index (χ3v) is 3.66. The minimum absolute atomic E-state index is 0.322. The van der Waals surface area contributed by atoms with Crippen molar-refractivity contribution in [3.05, 3.63) is 21.9 Å². The molecule has 0 spiro atoms. The summed E-state index contributed by atoms with van der Waals surface area (Å²) < 4.78 is 4.60. The molecule has 0 saturated carbocycles. The Hall–Kier alpha value is -1.36. The summed E-state index contributed by atoms with van der Waals surface area (Å²) in [5.74, 6) is -0.852. The Labute approximate surface area is 105 Å². The van der Waals surface area contributed by atoms with E-state index in [1.54, 1.807) is 25.2 Å². The lowest BCUT2D eigenvalue weighted by Gasteiger charge is -2.20. The molecule has 0 radical (unpaired) electrons. The van der Waals surface area contributed by atoms with Gasteiger partial charge in [0, 0.05) is 4.88 Å². The fraction of sp³-hybridized carbons (Fsp3) is 0.500. The van der Waals surface area contributed by atoms with Crippen LogP contribution in [0.2, 0.25) is 0 Å². The molecular formula is C12H17NO3S. The first-order chi connectivity index (χ1) is 7.89. The molecule has 0 aromatic carbocycles. The molecule has 94 valence electrons. The zero-order valence-electron chi connectivity index (χ0n) is 10.5. The number of amides is 1. The molecule has 1 rings (SSSR count). The quantitative estimate of drug-likeness (QED) is 0.660. The van der Waals surface area contributed by atoms with E-state index in [2.05, 4.69) is 10.1 Å². The molecule has 4 nitrogen and oxygen atoms in total. The maximum atomic E-state index is 11.9. The Bertz CT molecular complexity index is 423. The molecular weight excluding hydrogens is 238 g/mol. The van der Waals surface area contributed by atoms with E-state index < -0.39 is 11.4 Å². The van der Waals surface area contributed by atoms with E-state index in [4.69, 9.17) is 0 Å². The average Bonchev–Trinajstić information content (AvgIpc) is 2.70. The fourth-order valence-corrected chi connectivity index (χ4v) is 2.16. The smallest absolute Gasteiger partial charge is 0.320 e. The van der Waals surface area contributed by atoms with Gasteiger partial charge in [0.1, 0.15) is 5.41 Å². The van der Waals surface area contributed by atoms with Crippen molar-refractivity contribution in [2.75, 3.05) is 7.11 Å². The lowest BCUT2D eigenvalue weighted by molar-refractivity contribution is -0.156. The van der Waals surface area contributed by atoms with Crippen molar-refractivity contribution in [2.45, 2.75) is 27.3 Å². The van der Waals surface area contributed by atoms with Gasteiger partial charge in [-0.1, -0.05) is 0 Å². The highest BCUT2D eigenvalue weighted by atomic mass is 32.1. The number of aryl methyl sites for hydroxylation is 1. The Kier molecular flexibility index (Phi) is 4.28.